The minimum atomic E-state index is -0.231. The van der Waals surface area contributed by atoms with E-state index in [0.29, 0.717) is 17.5 Å². The summed E-state index contributed by atoms with van der Waals surface area (Å²) in [6.45, 7) is 0.162. The predicted molar refractivity (Wildman–Crippen MR) is 93.6 cm³/mol. The van der Waals surface area contributed by atoms with Gasteiger partial charge in [0.15, 0.2) is 0 Å². The van der Waals surface area contributed by atoms with Crippen LogP contribution in [0.4, 0.5) is 0 Å². The number of hydrogen-bond donors (Lipinski definition) is 1. The lowest BCUT2D eigenvalue weighted by atomic mass is 10.2. The molecule has 1 amide bonds. The second-order valence-electron chi connectivity index (χ2n) is 5.21. The average molecular weight is 335 g/mol. The van der Waals surface area contributed by atoms with Gasteiger partial charge in [-0.05, 0) is 23.8 Å². The quantitative estimate of drug-likeness (QED) is 0.701. The summed E-state index contributed by atoms with van der Waals surface area (Å²) in [5, 5.41) is 6.63. The zero-order valence-corrected chi connectivity index (χ0v) is 13.7. The Morgan fingerprint density at radius 2 is 2.04 bits per heavy atom. The van der Waals surface area contributed by atoms with Gasteiger partial charge in [0.25, 0.3) is 0 Å². The molecule has 1 aromatic heterocycles. The normalized spacial score (nSPS) is 10.8. The Balaban J connectivity index is 1.58. The Morgan fingerprint density at radius 1 is 1.20 bits per heavy atom. The lowest BCUT2D eigenvalue weighted by Gasteiger charge is -2.00. The first-order chi connectivity index (χ1) is 12.2. The molecule has 0 bridgehead atoms. The van der Waals surface area contributed by atoms with Crippen molar-refractivity contribution in [1.82, 2.24) is 15.5 Å². The summed E-state index contributed by atoms with van der Waals surface area (Å²) < 4.78 is 10.3. The predicted octanol–water partition coefficient (Wildman–Crippen LogP) is 3.07. The van der Waals surface area contributed by atoms with Crippen LogP contribution >= 0.6 is 0 Å². The number of nitrogens with zero attached hydrogens (tertiary/aromatic N) is 2. The number of nitrogens with one attached hydrogen (secondary N) is 1. The molecule has 0 unspecified atom stereocenters. The first-order valence-electron chi connectivity index (χ1n) is 7.72. The molecule has 25 heavy (non-hydrogen) atoms. The van der Waals surface area contributed by atoms with E-state index < -0.39 is 0 Å². The van der Waals surface area contributed by atoms with Crippen molar-refractivity contribution in [3.63, 3.8) is 0 Å². The summed E-state index contributed by atoms with van der Waals surface area (Å²) in [5.41, 5.74) is 1.74. The third kappa shape index (κ3) is 4.54. The molecule has 1 N–H and O–H groups in total. The average Bonchev–Trinajstić information content (AvgIpc) is 3.15. The molecule has 0 atom stereocenters. The molecule has 0 saturated carbocycles. The minimum absolute atomic E-state index is 0.162. The fourth-order valence-corrected chi connectivity index (χ4v) is 2.16. The lowest BCUT2D eigenvalue weighted by molar-refractivity contribution is -0.116. The number of carbonyl (C=O) groups excluding carboxylic acids is 1. The SMILES string of the molecule is COc1cccc(-c2noc(CNC(=O)/C=C/c3ccccc3)n2)c1. The van der Waals surface area contributed by atoms with Crippen molar-refractivity contribution >= 4 is 12.0 Å². The van der Waals surface area contributed by atoms with Crippen LogP contribution < -0.4 is 10.1 Å². The molecule has 0 aliphatic rings. The summed E-state index contributed by atoms with van der Waals surface area (Å²) in [6, 6.07) is 16.9. The van der Waals surface area contributed by atoms with E-state index in [0.717, 1.165) is 11.1 Å². The topological polar surface area (TPSA) is 77.3 Å². The van der Waals surface area contributed by atoms with Gasteiger partial charge in [0.2, 0.25) is 17.6 Å². The standard InChI is InChI=1S/C19H17N3O3/c1-24-16-9-5-8-15(12-16)19-21-18(25-22-19)13-20-17(23)11-10-14-6-3-2-4-7-14/h2-12H,13H2,1H3,(H,20,23)/b11-10+. The Hall–Kier alpha value is -3.41. The van der Waals surface area contributed by atoms with Crippen LogP contribution in [-0.4, -0.2) is 23.2 Å². The highest BCUT2D eigenvalue weighted by Gasteiger charge is 2.09. The highest BCUT2D eigenvalue weighted by Crippen LogP contribution is 2.21. The molecule has 3 aromatic rings. The largest absolute Gasteiger partial charge is 0.497 e. The molecular weight excluding hydrogens is 318 g/mol. The van der Waals surface area contributed by atoms with Crippen molar-refractivity contribution in [1.29, 1.82) is 0 Å². The van der Waals surface area contributed by atoms with Gasteiger partial charge < -0.3 is 14.6 Å². The summed E-state index contributed by atoms with van der Waals surface area (Å²) in [7, 11) is 1.60. The van der Waals surface area contributed by atoms with E-state index in [1.54, 1.807) is 13.2 Å². The fraction of sp³-hybridized carbons (Fsp3) is 0.105. The molecule has 6 heteroatoms. The first-order valence-corrected chi connectivity index (χ1v) is 7.72. The number of rotatable bonds is 6. The number of benzene rings is 2. The molecule has 0 aliphatic carbocycles. The van der Waals surface area contributed by atoms with Crippen molar-refractivity contribution in [2.75, 3.05) is 7.11 Å². The first kappa shape index (κ1) is 16.4. The van der Waals surface area contributed by atoms with Crippen LogP contribution in [0.15, 0.2) is 65.2 Å². The zero-order valence-electron chi connectivity index (χ0n) is 13.7. The Bertz CT molecular complexity index is 872. The monoisotopic (exact) mass is 335 g/mol. The number of aromatic nitrogens is 2. The Morgan fingerprint density at radius 3 is 2.84 bits per heavy atom. The van der Waals surface area contributed by atoms with Gasteiger partial charge in [0, 0.05) is 11.6 Å². The highest BCUT2D eigenvalue weighted by molar-refractivity contribution is 5.91. The number of methoxy groups -OCH3 is 1. The van der Waals surface area contributed by atoms with Crippen LogP contribution in [-0.2, 0) is 11.3 Å². The number of ether oxygens (including phenoxy) is 1. The van der Waals surface area contributed by atoms with Gasteiger partial charge in [-0.3, -0.25) is 4.79 Å². The van der Waals surface area contributed by atoms with Crippen LogP contribution in [0.3, 0.4) is 0 Å². The summed E-state index contributed by atoms with van der Waals surface area (Å²) in [6.07, 6.45) is 3.21. The number of hydrogen-bond acceptors (Lipinski definition) is 5. The third-order valence-electron chi connectivity index (χ3n) is 3.44. The van der Waals surface area contributed by atoms with Crippen LogP contribution in [0.1, 0.15) is 11.5 Å². The van der Waals surface area contributed by atoms with E-state index in [1.807, 2.05) is 54.6 Å². The van der Waals surface area contributed by atoms with Gasteiger partial charge >= 0.3 is 0 Å². The van der Waals surface area contributed by atoms with Gasteiger partial charge in [-0.2, -0.15) is 4.98 Å². The number of amides is 1. The molecule has 3 rings (SSSR count). The van der Waals surface area contributed by atoms with Crippen LogP contribution in [0.2, 0.25) is 0 Å². The van der Waals surface area contributed by atoms with Gasteiger partial charge in [-0.15, -0.1) is 0 Å². The van der Waals surface area contributed by atoms with E-state index in [9.17, 15) is 4.79 Å². The van der Waals surface area contributed by atoms with Crippen LogP contribution in [0.25, 0.3) is 17.5 Å². The lowest BCUT2D eigenvalue weighted by Crippen LogP contribution is -2.20. The molecule has 6 nitrogen and oxygen atoms in total. The Kier molecular flexibility index (Phi) is 5.21. The smallest absolute Gasteiger partial charge is 0.246 e. The second kappa shape index (κ2) is 7.92. The summed E-state index contributed by atoms with van der Waals surface area (Å²) in [4.78, 5) is 16.1. The second-order valence-corrected chi connectivity index (χ2v) is 5.21. The van der Waals surface area contributed by atoms with Gasteiger partial charge in [0.05, 0.1) is 13.7 Å². The maximum absolute atomic E-state index is 11.8. The molecule has 1 heterocycles. The molecule has 0 saturated heterocycles. The zero-order chi connectivity index (χ0) is 17.5. The van der Waals surface area contributed by atoms with E-state index in [2.05, 4.69) is 15.5 Å². The van der Waals surface area contributed by atoms with Crippen molar-refractivity contribution in [2.24, 2.45) is 0 Å². The Labute approximate surface area is 145 Å². The molecule has 2 aromatic carbocycles. The van der Waals surface area contributed by atoms with Crippen molar-refractivity contribution in [3.05, 3.63) is 72.1 Å². The van der Waals surface area contributed by atoms with Crippen molar-refractivity contribution in [2.45, 2.75) is 6.54 Å². The van der Waals surface area contributed by atoms with Crippen molar-refractivity contribution < 1.29 is 14.1 Å². The van der Waals surface area contributed by atoms with Gasteiger partial charge in [0.1, 0.15) is 5.75 Å². The third-order valence-corrected chi connectivity index (χ3v) is 3.44. The van der Waals surface area contributed by atoms with E-state index in [1.165, 1.54) is 6.08 Å². The molecule has 0 fully saturated rings. The van der Waals surface area contributed by atoms with E-state index >= 15 is 0 Å². The molecule has 126 valence electrons. The molecule has 0 aliphatic heterocycles. The minimum Gasteiger partial charge on any atom is -0.497 e. The molecular formula is C19H17N3O3. The van der Waals surface area contributed by atoms with E-state index in [4.69, 9.17) is 9.26 Å². The van der Waals surface area contributed by atoms with Crippen LogP contribution in [0, 0.1) is 0 Å². The van der Waals surface area contributed by atoms with E-state index in [-0.39, 0.29) is 12.5 Å². The van der Waals surface area contributed by atoms with Crippen LogP contribution in [0.5, 0.6) is 5.75 Å². The molecule has 0 radical (unpaired) electrons. The summed E-state index contributed by atoms with van der Waals surface area (Å²) in [5.74, 6) is 1.26. The maximum atomic E-state index is 11.8. The summed E-state index contributed by atoms with van der Waals surface area (Å²) >= 11 is 0. The highest BCUT2D eigenvalue weighted by atomic mass is 16.5. The maximum Gasteiger partial charge on any atom is 0.246 e. The fourth-order valence-electron chi connectivity index (χ4n) is 2.16. The number of carbonyl (C=O) groups is 1. The van der Waals surface area contributed by atoms with Gasteiger partial charge in [-0.1, -0.05) is 47.6 Å². The van der Waals surface area contributed by atoms with Crippen molar-refractivity contribution in [3.8, 4) is 17.1 Å². The molecule has 0 spiro atoms. The van der Waals surface area contributed by atoms with Gasteiger partial charge in [-0.25, -0.2) is 0 Å².